The third-order valence-electron chi connectivity index (χ3n) is 2.90. The van der Waals surface area contributed by atoms with Crippen LogP contribution in [0.1, 0.15) is 6.42 Å². The normalized spacial score (nSPS) is 19.1. The summed E-state index contributed by atoms with van der Waals surface area (Å²) in [5.74, 6) is 0. The van der Waals surface area contributed by atoms with E-state index in [0.717, 1.165) is 26.1 Å². The lowest BCUT2D eigenvalue weighted by Crippen LogP contribution is -2.51. The molecule has 1 fully saturated rings. The second-order valence-electron chi connectivity index (χ2n) is 3.90. The Kier molecular flexibility index (Phi) is 8.35. The standard InChI is InChI=1S/C12H18N2O.2ClH/c15-9-6-12-10-13-7-8-14(12)11-4-2-1-3-5-11;;/h1-5,12-13,15H,6-10H2;2*1H. The maximum atomic E-state index is 9.03. The van der Waals surface area contributed by atoms with Crippen LogP contribution in [0.5, 0.6) is 0 Å². The van der Waals surface area contributed by atoms with Crippen LogP contribution in [0.15, 0.2) is 30.3 Å². The van der Waals surface area contributed by atoms with Gasteiger partial charge >= 0.3 is 0 Å². The van der Waals surface area contributed by atoms with Gasteiger partial charge in [0, 0.05) is 38.0 Å². The molecule has 0 saturated carbocycles. The number of hydrogen-bond acceptors (Lipinski definition) is 3. The number of halogens is 2. The number of nitrogens with one attached hydrogen (secondary N) is 1. The molecule has 5 heteroatoms. The second kappa shape index (κ2) is 8.59. The largest absolute Gasteiger partial charge is 0.396 e. The zero-order chi connectivity index (χ0) is 10.5. The highest BCUT2D eigenvalue weighted by Crippen LogP contribution is 2.18. The van der Waals surface area contributed by atoms with E-state index in [4.69, 9.17) is 5.11 Å². The van der Waals surface area contributed by atoms with Crippen molar-refractivity contribution < 1.29 is 5.11 Å². The van der Waals surface area contributed by atoms with E-state index < -0.39 is 0 Å². The van der Waals surface area contributed by atoms with Gasteiger partial charge < -0.3 is 15.3 Å². The molecule has 0 amide bonds. The molecule has 2 rings (SSSR count). The van der Waals surface area contributed by atoms with Gasteiger partial charge in [-0.1, -0.05) is 18.2 Å². The number of aliphatic hydroxyl groups excluding tert-OH is 1. The molecule has 1 aromatic carbocycles. The highest BCUT2D eigenvalue weighted by Gasteiger charge is 2.21. The number of hydrogen-bond donors (Lipinski definition) is 2. The number of rotatable bonds is 3. The van der Waals surface area contributed by atoms with Crippen molar-refractivity contribution in [3.8, 4) is 0 Å². The Morgan fingerprint density at radius 3 is 2.59 bits per heavy atom. The van der Waals surface area contributed by atoms with E-state index in [-0.39, 0.29) is 31.4 Å². The molecule has 1 heterocycles. The van der Waals surface area contributed by atoms with Crippen molar-refractivity contribution in [2.45, 2.75) is 12.5 Å². The number of anilines is 1. The van der Waals surface area contributed by atoms with E-state index >= 15 is 0 Å². The molecular formula is C12H20Cl2N2O. The zero-order valence-corrected chi connectivity index (χ0v) is 11.3. The summed E-state index contributed by atoms with van der Waals surface area (Å²) in [6, 6.07) is 10.9. The van der Waals surface area contributed by atoms with Crippen molar-refractivity contribution >= 4 is 30.5 Å². The van der Waals surface area contributed by atoms with Gasteiger partial charge in [-0.2, -0.15) is 0 Å². The number of benzene rings is 1. The molecule has 1 aliphatic heterocycles. The van der Waals surface area contributed by atoms with E-state index in [0.29, 0.717) is 6.04 Å². The van der Waals surface area contributed by atoms with Crippen molar-refractivity contribution in [3.05, 3.63) is 30.3 Å². The first kappa shape index (κ1) is 16.5. The fourth-order valence-electron chi connectivity index (χ4n) is 2.13. The minimum Gasteiger partial charge on any atom is -0.396 e. The van der Waals surface area contributed by atoms with Crippen LogP contribution in [0.4, 0.5) is 5.69 Å². The van der Waals surface area contributed by atoms with Crippen LogP contribution >= 0.6 is 24.8 Å². The molecule has 17 heavy (non-hydrogen) atoms. The molecule has 0 aliphatic carbocycles. The van der Waals surface area contributed by atoms with Gasteiger partial charge in [0.2, 0.25) is 0 Å². The lowest BCUT2D eigenvalue weighted by Gasteiger charge is -2.37. The van der Waals surface area contributed by atoms with Crippen LogP contribution in [0.2, 0.25) is 0 Å². The van der Waals surface area contributed by atoms with Crippen molar-refractivity contribution in [1.82, 2.24) is 5.32 Å². The van der Waals surface area contributed by atoms with Crippen molar-refractivity contribution in [3.63, 3.8) is 0 Å². The number of aliphatic hydroxyl groups is 1. The molecule has 0 aromatic heterocycles. The minimum absolute atomic E-state index is 0. The molecule has 1 saturated heterocycles. The molecule has 0 radical (unpaired) electrons. The summed E-state index contributed by atoms with van der Waals surface area (Å²) in [5.41, 5.74) is 1.26. The van der Waals surface area contributed by atoms with Gasteiger partial charge in [0.1, 0.15) is 0 Å². The summed E-state index contributed by atoms with van der Waals surface area (Å²) in [5, 5.41) is 12.4. The third-order valence-corrected chi connectivity index (χ3v) is 2.90. The maximum absolute atomic E-state index is 9.03. The molecule has 0 bridgehead atoms. The summed E-state index contributed by atoms with van der Waals surface area (Å²) in [6.45, 7) is 3.27. The van der Waals surface area contributed by atoms with Gasteiger partial charge in [0.25, 0.3) is 0 Å². The van der Waals surface area contributed by atoms with E-state index in [1.165, 1.54) is 5.69 Å². The monoisotopic (exact) mass is 278 g/mol. The Labute approximate surface area is 115 Å². The number of piperazine rings is 1. The Balaban J connectivity index is 0.00000128. The molecular weight excluding hydrogens is 259 g/mol. The first-order chi connectivity index (χ1) is 7.42. The fourth-order valence-corrected chi connectivity index (χ4v) is 2.13. The van der Waals surface area contributed by atoms with E-state index in [1.54, 1.807) is 0 Å². The Hall–Kier alpha value is -0.480. The number of para-hydroxylation sites is 1. The summed E-state index contributed by atoms with van der Waals surface area (Å²) in [7, 11) is 0. The van der Waals surface area contributed by atoms with Crippen LogP contribution in [-0.2, 0) is 0 Å². The fraction of sp³-hybridized carbons (Fsp3) is 0.500. The van der Waals surface area contributed by atoms with E-state index in [9.17, 15) is 0 Å². The molecule has 1 unspecified atom stereocenters. The van der Waals surface area contributed by atoms with Gasteiger partial charge in [0.15, 0.2) is 0 Å². The van der Waals surface area contributed by atoms with E-state index in [1.807, 2.05) is 6.07 Å². The first-order valence-corrected chi connectivity index (χ1v) is 5.55. The smallest absolute Gasteiger partial charge is 0.0451 e. The Bertz CT molecular complexity index is 296. The molecule has 1 aliphatic rings. The molecule has 98 valence electrons. The second-order valence-corrected chi connectivity index (χ2v) is 3.90. The third kappa shape index (κ3) is 4.36. The SMILES string of the molecule is Cl.Cl.OCCC1CNCCN1c1ccccc1. The highest BCUT2D eigenvalue weighted by molar-refractivity contribution is 5.85. The van der Waals surface area contributed by atoms with Crippen LogP contribution in [0.3, 0.4) is 0 Å². The van der Waals surface area contributed by atoms with Crippen LogP contribution in [-0.4, -0.2) is 37.4 Å². The van der Waals surface area contributed by atoms with Crippen LogP contribution < -0.4 is 10.2 Å². The Morgan fingerprint density at radius 1 is 1.24 bits per heavy atom. The summed E-state index contributed by atoms with van der Waals surface area (Å²) in [6.07, 6.45) is 0.835. The molecule has 1 aromatic rings. The minimum atomic E-state index is 0. The molecule has 1 atom stereocenters. The quantitative estimate of drug-likeness (QED) is 0.884. The first-order valence-electron chi connectivity index (χ1n) is 5.55. The van der Waals surface area contributed by atoms with Gasteiger partial charge in [-0.25, -0.2) is 0 Å². The predicted octanol–water partition coefficient (Wildman–Crippen LogP) is 1.69. The topological polar surface area (TPSA) is 35.5 Å². The summed E-state index contributed by atoms with van der Waals surface area (Å²) < 4.78 is 0. The maximum Gasteiger partial charge on any atom is 0.0451 e. The average molecular weight is 279 g/mol. The van der Waals surface area contributed by atoms with E-state index in [2.05, 4.69) is 34.5 Å². The van der Waals surface area contributed by atoms with Crippen LogP contribution in [0, 0.1) is 0 Å². The highest BCUT2D eigenvalue weighted by atomic mass is 35.5. The molecule has 2 N–H and O–H groups in total. The summed E-state index contributed by atoms with van der Waals surface area (Å²) >= 11 is 0. The lowest BCUT2D eigenvalue weighted by atomic mass is 10.1. The summed E-state index contributed by atoms with van der Waals surface area (Å²) in [4.78, 5) is 2.38. The van der Waals surface area contributed by atoms with Gasteiger partial charge in [-0.05, 0) is 18.6 Å². The van der Waals surface area contributed by atoms with Crippen molar-refractivity contribution in [2.24, 2.45) is 0 Å². The van der Waals surface area contributed by atoms with Crippen LogP contribution in [0.25, 0.3) is 0 Å². The Morgan fingerprint density at radius 2 is 1.94 bits per heavy atom. The predicted molar refractivity (Wildman–Crippen MR) is 76.6 cm³/mol. The molecule has 0 spiro atoms. The number of nitrogens with zero attached hydrogens (tertiary/aromatic N) is 1. The average Bonchev–Trinajstić information content (AvgIpc) is 2.31. The zero-order valence-electron chi connectivity index (χ0n) is 9.71. The lowest BCUT2D eigenvalue weighted by molar-refractivity contribution is 0.266. The molecule has 3 nitrogen and oxygen atoms in total. The van der Waals surface area contributed by atoms with Gasteiger partial charge in [-0.15, -0.1) is 24.8 Å². The van der Waals surface area contributed by atoms with Crippen molar-refractivity contribution in [1.29, 1.82) is 0 Å². The van der Waals surface area contributed by atoms with Gasteiger partial charge in [0.05, 0.1) is 0 Å². The van der Waals surface area contributed by atoms with Gasteiger partial charge in [-0.3, -0.25) is 0 Å². The van der Waals surface area contributed by atoms with Crippen molar-refractivity contribution in [2.75, 3.05) is 31.1 Å².